The van der Waals surface area contributed by atoms with Crippen molar-refractivity contribution in [3.8, 4) is 0 Å². The topological polar surface area (TPSA) is 52.6 Å². The lowest BCUT2D eigenvalue weighted by Crippen LogP contribution is -2.35. The van der Waals surface area contributed by atoms with Crippen LogP contribution in [0.4, 0.5) is 0 Å². The summed E-state index contributed by atoms with van der Waals surface area (Å²) in [6, 6.07) is 4.88. The molecule has 0 heterocycles. The van der Waals surface area contributed by atoms with Gasteiger partial charge in [-0.25, -0.2) is 0 Å². The van der Waals surface area contributed by atoms with E-state index < -0.39 is 24.0 Å². The summed E-state index contributed by atoms with van der Waals surface area (Å²) in [5.41, 5.74) is 2.23. The van der Waals surface area contributed by atoms with Gasteiger partial charge in [0.05, 0.1) is 13.0 Å². The van der Waals surface area contributed by atoms with E-state index in [2.05, 4.69) is 19.7 Å². The summed E-state index contributed by atoms with van der Waals surface area (Å²) < 4.78 is 10.6. The Kier molecular flexibility index (Phi) is 6.68. The Hall–Kier alpha value is -2.04. The van der Waals surface area contributed by atoms with E-state index in [-0.39, 0.29) is 13.0 Å². The van der Waals surface area contributed by atoms with Crippen molar-refractivity contribution in [1.29, 1.82) is 0 Å². The molecule has 6 heteroatoms. The fraction of sp³-hybridized carbons (Fsp3) is 0.300. The molecule has 0 spiro atoms. The molecule has 0 N–H and O–H groups in total. The molecule has 0 radical (unpaired) electrons. The molecule has 1 fully saturated rings. The predicted octanol–water partition coefficient (Wildman–Crippen LogP) is 4.70. The van der Waals surface area contributed by atoms with E-state index in [4.69, 9.17) is 32.7 Å². The van der Waals surface area contributed by atoms with E-state index in [0.29, 0.717) is 38.7 Å². The third kappa shape index (κ3) is 4.57. The summed E-state index contributed by atoms with van der Waals surface area (Å²) in [5, 5.41) is 0.874. The molecule has 26 heavy (non-hydrogen) atoms. The van der Waals surface area contributed by atoms with Crippen molar-refractivity contribution < 1.29 is 19.1 Å². The molecule has 0 amide bonds. The molecule has 0 saturated heterocycles. The molecule has 1 aromatic carbocycles. The third-order valence-electron chi connectivity index (χ3n) is 4.16. The Morgan fingerprint density at radius 1 is 1.23 bits per heavy atom. The Labute approximate surface area is 163 Å². The molecule has 138 valence electrons. The second-order valence-electron chi connectivity index (χ2n) is 5.98. The molecule has 0 bridgehead atoms. The van der Waals surface area contributed by atoms with Crippen LogP contribution in [-0.4, -0.2) is 24.6 Å². The minimum absolute atomic E-state index is 0.0166. The van der Waals surface area contributed by atoms with Gasteiger partial charge in [0.2, 0.25) is 0 Å². The number of carbonyl (C=O) groups excluding carboxylic acids is 2. The Bertz CT molecular complexity index is 782. The zero-order valence-electron chi connectivity index (χ0n) is 14.5. The summed E-state index contributed by atoms with van der Waals surface area (Å²) in [5.74, 6) is -1.71. The van der Waals surface area contributed by atoms with Crippen LogP contribution in [0.15, 0.2) is 54.7 Å². The number of hydrogen-bond acceptors (Lipinski definition) is 4. The van der Waals surface area contributed by atoms with Gasteiger partial charge in [-0.05, 0) is 41.3 Å². The molecule has 1 saturated carbocycles. The molecular formula is C20H20Cl2O4. The first-order chi connectivity index (χ1) is 12.2. The average Bonchev–Trinajstić information content (AvgIpc) is 2.55. The van der Waals surface area contributed by atoms with Crippen LogP contribution >= 0.6 is 23.2 Å². The molecule has 0 aromatic heterocycles. The highest BCUT2D eigenvalue weighted by atomic mass is 35.5. The molecule has 1 aliphatic rings. The zero-order valence-corrected chi connectivity index (χ0v) is 16.0. The van der Waals surface area contributed by atoms with Gasteiger partial charge in [-0.1, -0.05) is 49.0 Å². The highest BCUT2D eigenvalue weighted by Gasteiger charge is 2.38. The number of ether oxygens (including phenoxy) is 2. The van der Waals surface area contributed by atoms with Crippen molar-refractivity contribution in [2.45, 2.75) is 25.9 Å². The van der Waals surface area contributed by atoms with Gasteiger partial charge in [-0.3, -0.25) is 9.59 Å². The average molecular weight is 395 g/mol. The SMILES string of the molecule is C=C1CC(OC(=O)Cc2ccc(Cl)cc2Cl)C(=C)C(C(=O)OCC)C1=C. The number of halogens is 2. The number of hydrogen-bond donors (Lipinski definition) is 0. The van der Waals surface area contributed by atoms with E-state index >= 15 is 0 Å². The van der Waals surface area contributed by atoms with Gasteiger partial charge in [0, 0.05) is 16.5 Å². The lowest BCUT2D eigenvalue weighted by Gasteiger charge is -2.33. The normalized spacial score (nSPS) is 20.0. The number of benzene rings is 1. The summed E-state index contributed by atoms with van der Waals surface area (Å²) in [4.78, 5) is 24.5. The Balaban J connectivity index is 2.11. The maximum absolute atomic E-state index is 12.3. The Morgan fingerprint density at radius 2 is 1.92 bits per heavy atom. The van der Waals surface area contributed by atoms with Crippen molar-refractivity contribution in [2.75, 3.05) is 6.61 Å². The molecular weight excluding hydrogens is 375 g/mol. The van der Waals surface area contributed by atoms with Gasteiger partial charge in [-0.15, -0.1) is 0 Å². The predicted molar refractivity (Wildman–Crippen MR) is 102 cm³/mol. The summed E-state index contributed by atoms with van der Waals surface area (Å²) >= 11 is 11.9. The van der Waals surface area contributed by atoms with Crippen LogP contribution in [0.3, 0.4) is 0 Å². The lowest BCUT2D eigenvalue weighted by molar-refractivity contribution is -0.151. The first-order valence-corrected chi connectivity index (χ1v) is 8.85. The second-order valence-corrected chi connectivity index (χ2v) is 6.83. The van der Waals surface area contributed by atoms with Crippen LogP contribution in [0.1, 0.15) is 18.9 Å². The van der Waals surface area contributed by atoms with Crippen LogP contribution in [0.25, 0.3) is 0 Å². The highest BCUT2D eigenvalue weighted by Crippen LogP contribution is 2.38. The van der Waals surface area contributed by atoms with Gasteiger partial charge in [0.25, 0.3) is 0 Å². The molecule has 0 aliphatic heterocycles. The number of rotatable bonds is 5. The van der Waals surface area contributed by atoms with Gasteiger partial charge in [0.15, 0.2) is 0 Å². The molecule has 2 unspecified atom stereocenters. The van der Waals surface area contributed by atoms with Gasteiger partial charge in [-0.2, -0.15) is 0 Å². The fourth-order valence-electron chi connectivity index (χ4n) is 2.76. The minimum Gasteiger partial charge on any atom is -0.465 e. The van der Waals surface area contributed by atoms with E-state index in [9.17, 15) is 9.59 Å². The van der Waals surface area contributed by atoms with Crippen molar-refractivity contribution in [2.24, 2.45) is 5.92 Å². The smallest absolute Gasteiger partial charge is 0.317 e. The largest absolute Gasteiger partial charge is 0.465 e. The van der Waals surface area contributed by atoms with Crippen LogP contribution < -0.4 is 0 Å². The first-order valence-electron chi connectivity index (χ1n) is 8.10. The second kappa shape index (κ2) is 8.56. The van der Waals surface area contributed by atoms with E-state index in [1.807, 2.05) is 0 Å². The van der Waals surface area contributed by atoms with Crippen LogP contribution in [0.2, 0.25) is 10.0 Å². The Morgan fingerprint density at radius 3 is 2.54 bits per heavy atom. The van der Waals surface area contributed by atoms with E-state index in [1.165, 1.54) is 0 Å². The maximum Gasteiger partial charge on any atom is 0.317 e. The fourth-order valence-corrected chi connectivity index (χ4v) is 3.23. The summed E-state index contributed by atoms with van der Waals surface area (Å²) in [7, 11) is 0. The molecule has 2 rings (SSSR count). The summed E-state index contributed by atoms with van der Waals surface area (Å²) in [6.45, 7) is 13.7. The van der Waals surface area contributed by atoms with Gasteiger partial charge >= 0.3 is 11.9 Å². The van der Waals surface area contributed by atoms with E-state index in [0.717, 1.165) is 0 Å². The lowest BCUT2D eigenvalue weighted by atomic mass is 9.77. The summed E-state index contributed by atoms with van der Waals surface area (Å²) in [6.07, 6.45) is -0.341. The molecule has 2 atom stereocenters. The van der Waals surface area contributed by atoms with Crippen LogP contribution in [-0.2, 0) is 25.5 Å². The van der Waals surface area contributed by atoms with Crippen molar-refractivity contribution in [3.63, 3.8) is 0 Å². The van der Waals surface area contributed by atoms with Crippen LogP contribution in [0, 0.1) is 5.92 Å². The first kappa shape index (κ1) is 20.3. The zero-order chi connectivity index (χ0) is 19.4. The van der Waals surface area contributed by atoms with Crippen LogP contribution in [0.5, 0.6) is 0 Å². The van der Waals surface area contributed by atoms with Crippen molar-refractivity contribution >= 4 is 35.1 Å². The monoisotopic (exact) mass is 394 g/mol. The third-order valence-corrected chi connectivity index (χ3v) is 4.75. The van der Waals surface area contributed by atoms with Crippen molar-refractivity contribution in [1.82, 2.24) is 0 Å². The van der Waals surface area contributed by atoms with Gasteiger partial charge < -0.3 is 9.47 Å². The highest BCUT2D eigenvalue weighted by molar-refractivity contribution is 6.35. The number of esters is 2. The quantitative estimate of drug-likeness (QED) is 0.536. The van der Waals surface area contributed by atoms with E-state index in [1.54, 1.807) is 25.1 Å². The van der Waals surface area contributed by atoms with Crippen molar-refractivity contribution in [3.05, 3.63) is 70.3 Å². The van der Waals surface area contributed by atoms with Gasteiger partial charge in [0.1, 0.15) is 12.0 Å². The number of carbonyl (C=O) groups is 2. The standard InChI is InChI=1S/C20H20Cl2O4/c1-5-25-20(24)19-12(3)11(2)8-17(13(19)4)26-18(23)9-14-6-7-15(21)10-16(14)22/h6-7,10,17,19H,2-5,8-9H2,1H3. The minimum atomic E-state index is -0.756. The molecule has 4 nitrogen and oxygen atoms in total. The molecule has 1 aromatic rings. The molecule has 1 aliphatic carbocycles. The maximum atomic E-state index is 12.3.